The van der Waals surface area contributed by atoms with Crippen molar-refractivity contribution in [3.8, 4) is 0 Å². The molecule has 0 atom stereocenters. The summed E-state index contributed by atoms with van der Waals surface area (Å²) in [5, 5.41) is 5.09. The predicted molar refractivity (Wildman–Crippen MR) is 91.7 cm³/mol. The molecule has 0 aromatic heterocycles. The SMILES string of the molecule is CC(=O)NCCNC(=O)C(=O)N1CCN(c2cccc(C)c2)CC1. The van der Waals surface area contributed by atoms with E-state index in [0.717, 1.165) is 5.69 Å². The molecule has 7 heteroatoms. The molecule has 7 nitrogen and oxygen atoms in total. The minimum absolute atomic E-state index is 0.164. The van der Waals surface area contributed by atoms with E-state index in [4.69, 9.17) is 0 Å². The Morgan fingerprint density at radius 3 is 2.33 bits per heavy atom. The Balaban J connectivity index is 1.77. The molecule has 1 aliphatic heterocycles. The first-order valence-corrected chi connectivity index (χ1v) is 8.10. The number of nitrogens with one attached hydrogen (secondary N) is 2. The number of hydrogen-bond donors (Lipinski definition) is 2. The molecule has 0 spiro atoms. The normalized spacial score (nSPS) is 14.2. The fraction of sp³-hybridized carbons (Fsp3) is 0.471. The molecule has 1 aromatic carbocycles. The van der Waals surface area contributed by atoms with Crippen molar-refractivity contribution in [1.29, 1.82) is 0 Å². The molecule has 2 N–H and O–H groups in total. The van der Waals surface area contributed by atoms with Gasteiger partial charge >= 0.3 is 11.8 Å². The van der Waals surface area contributed by atoms with Crippen molar-refractivity contribution in [3.63, 3.8) is 0 Å². The van der Waals surface area contributed by atoms with Gasteiger partial charge in [0, 0.05) is 51.9 Å². The van der Waals surface area contributed by atoms with Crippen molar-refractivity contribution in [1.82, 2.24) is 15.5 Å². The van der Waals surface area contributed by atoms with E-state index in [9.17, 15) is 14.4 Å². The molecule has 0 saturated carbocycles. The molecule has 0 bridgehead atoms. The number of aryl methyl sites for hydroxylation is 1. The van der Waals surface area contributed by atoms with Gasteiger partial charge in [0.25, 0.3) is 0 Å². The van der Waals surface area contributed by atoms with Crippen LogP contribution in [0.15, 0.2) is 24.3 Å². The highest BCUT2D eigenvalue weighted by Crippen LogP contribution is 2.17. The van der Waals surface area contributed by atoms with Crippen molar-refractivity contribution in [2.45, 2.75) is 13.8 Å². The van der Waals surface area contributed by atoms with Crippen LogP contribution < -0.4 is 15.5 Å². The van der Waals surface area contributed by atoms with Crippen LogP contribution in [0.25, 0.3) is 0 Å². The maximum Gasteiger partial charge on any atom is 0.312 e. The van der Waals surface area contributed by atoms with E-state index in [1.54, 1.807) is 4.90 Å². The van der Waals surface area contributed by atoms with Crippen molar-refractivity contribution < 1.29 is 14.4 Å². The maximum absolute atomic E-state index is 12.1. The number of carbonyl (C=O) groups excluding carboxylic acids is 3. The summed E-state index contributed by atoms with van der Waals surface area (Å²) >= 11 is 0. The Morgan fingerprint density at radius 1 is 1.04 bits per heavy atom. The van der Waals surface area contributed by atoms with Crippen LogP contribution in [-0.4, -0.2) is 61.9 Å². The van der Waals surface area contributed by atoms with Crippen molar-refractivity contribution in [2.24, 2.45) is 0 Å². The van der Waals surface area contributed by atoms with Gasteiger partial charge in [-0.3, -0.25) is 14.4 Å². The average Bonchev–Trinajstić information content (AvgIpc) is 2.58. The predicted octanol–water partition coefficient (Wildman–Crippen LogP) is -0.104. The second-order valence-electron chi connectivity index (χ2n) is 5.86. The number of benzene rings is 1. The Labute approximate surface area is 142 Å². The molecule has 1 heterocycles. The Kier molecular flexibility index (Phi) is 6.17. The smallest absolute Gasteiger partial charge is 0.312 e. The van der Waals surface area contributed by atoms with Gasteiger partial charge in [0.05, 0.1) is 0 Å². The highest BCUT2D eigenvalue weighted by atomic mass is 16.2. The summed E-state index contributed by atoms with van der Waals surface area (Å²) in [4.78, 5) is 38.5. The largest absolute Gasteiger partial charge is 0.368 e. The summed E-state index contributed by atoms with van der Waals surface area (Å²) in [5.41, 5.74) is 2.34. The summed E-state index contributed by atoms with van der Waals surface area (Å²) in [5.74, 6) is -1.30. The molecule has 0 aliphatic carbocycles. The topological polar surface area (TPSA) is 81.8 Å². The second-order valence-corrected chi connectivity index (χ2v) is 5.86. The lowest BCUT2D eigenvalue weighted by molar-refractivity contribution is -0.146. The molecular weight excluding hydrogens is 308 g/mol. The zero-order chi connectivity index (χ0) is 17.5. The monoisotopic (exact) mass is 332 g/mol. The van der Waals surface area contributed by atoms with Crippen molar-refractivity contribution in [3.05, 3.63) is 29.8 Å². The van der Waals surface area contributed by atoms with E-state index < -0.39 is 11.8 Å². The van der Waals surface area contributed by atoms with E-state index >= 15 is 0 Å². The van der Waals surface area contributed by atoms with E-state index in [0.29, 0.717) is 32.7 Å². The molecular formula is C17H24N4O3. The number of carbonyl (C=O) groups is 3. The van der Waals surface area contributed by atoms with Gasteiger partial charge in [0.1, 0.15) is 0 Å². The zero-order valence-electron chi connectivity index (χ0n) is 14.2. The van der Waals surface area contributed by atoms with Crippen LogP contribution in [0.1, 0.15) is 12.5 Å². The third kappa shape index (κ3) is 4.97. The summed E-state index contributed by atoms with van der Waals surface area (Å²) < 4.78 is 0. The van der Waals surface area contributed by atoms with Crippen LogP contribution in [0.4, 0.5) is 5.69 Å². The molecule has 0 unspecified atom stereocenters. The number of piperazine rings is 1. The van der Waals surface area contributed by atoms with Gasteiger partial charge < -0.3 is 20.4 Å². The van der Waals surface area contributed by atoms with Crippen LogP contribution in [0.5, 0.6) is 0 Å². The van der Waals surface area contributed by atoms with Crippen molar-refractivity contribution >= 4 is 23.4 Å². The van der Waals surface area contributed by atoms with Crippen molar-refractivity contribution in [2.75, 3.05) is 44.2 Å². The Morgan fingerprint density at radius 2 is 1.71 bits per heavy atom. The lowest BCUT2D eigenvalue weighted by Crippen LogP contribution is -2.53. The fourth-order valence-corrected chi connectivity index (χ4v) is 2.63. The van der Waals surface area contributed by atoms with E-state index in [1.165, 1.54) is 12.5 Å². The molecule has 24 heavy (non-hydrogen) atoms. The summed E-state index contributed by atoms with van der Waals surface area (Å²) in [6.07, 6.45) is 0. The number of amides is 3. The molecule has 0 radical (unpaired) electrons. The lowest BCUT2D eigenvalue weighted by atomic mass is 10.2. The summed E-state index contributed by atoms with van der Waals surface area (Å²) in [7, 11) is 0. The van der Waals surface area contributed by atoms with Crippen LogP contribution in [0.2, 0.25) is 0 Å². The first kappa shape index (κ1) is 17.8. The number of nitrogens with zero attached hydrogens (tertiary/aromatic N) is 2. The standard InChI is InChI=1S/C17H24N4O3/c1-13-4-3-5-15(12-13)20-8-10-21(11-9-20)17(24)16(23)19-7-6-18-14(2)22/h3-5,12H,6-11H2,1-2H3,(H,18,22)(H,19,23). The molecule has 1 aromatic rings. The molecule has 1 fully saturated rings. The van der Waals surface area contributed by atoms with Crippen LogP contribution in [0, 0.1) is 6.92 Å². The number of hydrogen-bond acceptors (Lipinski definition) is 4. The lowest BCUT2D eigenvalue weighted by Gasteiger charge is -2.35. The van der Waals surface area contributed by atoms with Gasteiger partial charge in [-0.2, -0.15) is 0 Å². The van der Waals surface area contributed by atoms with E-state index in [2.05, 4.69) is 40.7 Å². The van der Waals surface area contributed by atoms with Gasteiger partial charge in [-0.15, -0.1) is 0 Å². The number of anilines is 1. The van der Waals surface area contributed by atoms with Gasteiger partial charge in [-0.05, 0) is 24.6 Å². The molecule has 130 valence electrons. The minimum atomic E-state index is -0.621. The molecule has 2 rings (SSSR count). The first-order valence-electron chi connectivity index (χ1n) is 8.10. The third-order valence-corrected chi connectivity index (χ3v) is 3.91. The first-order chi connectivity index (χ1) is 11.5. The van der Waals surface area contributed by atoms with Crippen LogP contribution >= 0.6 is 0 Å². The van der Waals surface area contributed by atoms with Gasteiger partial charge in [0.2, 0.25) is 5.91 Å². The van der Waals surface area contributed by atoms with Gasteiger partial charge in [-0.25, -0.2) is 0 Å². The van der Waals surface area contributed by atoms with Crippen LogP contribution in [0.3, 0.4) is 0 Å². The molecule has 1 aliphatic rings. The van der Waals surface area contributed by atoms with Gasteiger partial charge in [-0.1, -0.05) is 12.1 Å². The van der Waals surface area contributed by atoms with Crippen LogP contribution in [-0.2, 0) is 14.4 Å². The Bertz CT molecular complexity index is 610. The summed E-state index contributed by atoms with van der Waals surface area (Å²) in [6.45, 7) is 6.46. The average molecular weight is 332 g/mol. The quantitative estimate of drug-likeness (QED) is 0.596. The summed E-state index contributed by atoms with van der Waals surface area (Å²) in [6, 6.07) is 8.24. The fourth-order valence-electron chi connectivity index (χ4n) is 2.63. The molecule has 1 saturated heterocycles. The van der Waals surface area contributed by atoms with Gasteiger partial charge in [0.15, 0.2) is 0 Å². The zero-order valence-corrected chi connectivity index (χ0v) is 14.2. The minimum Gasteiger partial charge on any atom is -0.368 e. The Hall–Kier alpha value is -2.57. The number of rotatable bonds is 4. The highest BCUT2D eigenvalue weighted by molar-refractivity contribution is 6.35. The third-order valence-electron chi connectivity index (χ3n) is 3.91. The van der Waals surface area contributed by atoms with E-state index in [-0.39, 0.29) is 12.5 Å². The maximum atomic E-state index is 12.1. The molecule has 3 amide bonds. The van der Waals surface area contributed by atoms with E-state index in [1.807, 2.05) is 6.07 Å². The second kappa shape index (κ2) is 8.33. The highest BCUT2D eigenvalue weighted by Gasteiger charge is 2.25.